The van der Waals surface area contributed by atoms with Crippen LogP contribution in [0.5, 0.6) is 0 Å². The molecule has 6 heterocycles. The molecule has 93 heavy (non-hydrogen) atoms. The number of nitrogens with zero attached hydrogens (tertiary/aromatic N) is 6. The number of rotatable bonds is 29. The number of carbonyl (C=O) groups is 2. The molecule has 0 saturated carbocycles. The Bertz CT molecular complexity index is 3630. The van der Waals surface area contributed by atoms with Gasteiger partial charge in [0.25, 0.3) is 0 Å². The van der Waals surface area contributed by atoms with Gasteiger partial charge in [0.05, 0.1) is 29.6 Å². The van der Waals surface area contributed by atoms with Gasteiger partial charge in [-0.15, -0.1) is 0 Å². The lowest BCUT2D eigenvalue weighted by molar-refractivity contribution is -0.692. The van der Waals surface area contributed by atoms with Crippen molar-refractivity contribution in [2.45, 2.75) is 84.2 Å². The van der Waals surface area contributed by atoms with Gasteiger partial charge in [-0.3, -0.25) is 0 Å². The smallest absolute Gasteiger partial charge is 0.344 e. The summed E-state index contributed by atoms with van der Waals surface area (Å²) in [6.45, 7) is 11.5. The number of carbonyl (C=O) groups excluding carboxylic acids is 2. The van der Waals surface area contributed by atoms with Crippen LogP contribution >= 0.6 is 35.3 Å². The molecule has 0 aliphatic heterocycles. The molecule has 13 nitrogen and oxygen atoms in total. The molecule has 4 aromatic carbocycles. The van der Waals surface area contributed by atoms with Crippen LogP contribution in [-0.2, 0) is 71.7 Å². The van der Waals surface area contributed by atoms with Crippen molar-refractivity contribution < 1.29 is 59.4 Å². The second-order valence-electron chi connectivity index (χ2n) is 21.7. The SMILES string of the molecule is CCOC(=O)c1ccc[n+](Cc2ccc(C[n+]3cccc(C(=O)OCC)c3)cc2)c1.Cc1ccc(S(=O)(=O)[O-])cc1.c1cc[n+](CCSCCSCCSCC[n+]2ccccc2)cc1.c1ccc(C[n+]2ccc(CCCc3cc[n+](Cc4ccccc4)cc3)cc2)cc1. The Morgan fingerprint density at radius 3 is 1.10 bits per heavy atom. The standard InChI is InChI=1S/C27H28N2.C24H26N2O4.C18H26N2S3.C7H8O3S/c1-3-8-26(9-4-1)22-28-18-14-24(15-19-28)12-7-13-25-16-20-29(21-17-25)23-27-10-5-2-6-11-27;1-3-29-23(27)21-7-5-13-25(17-21)15-19-9-11-20(12-10-19)16-26-14-6-8-22(18-26)24(28)30-4-2;1-3-7-19(8-4-1)11-13-21-15-17-23-18-16-22-14-12-20-9-5-2-6-10-20;1-6-2-4-7(5-3-6)11(8,9)10/h1-6,8-11,14-21H,7,12-13,22-23H2;5-14,17-18H,3-4,15-16H2,1-2H3;1-10H,11-18H2;2-5H,1H3,(H,8,9,10)/q3*+2;/p-1. The van der Waals surface area contributed by atoms with Crippen molar-refractivity contribution in [2.75, 3.05) is 47.7 Å². The maximum Gasteiger partial charge on any atom is 0.344 e. The summed E-state index contributed by atoms with van der Waals surface area (Å²) in [5, 5.41) is 0. The van der Waals surface area contributed by atoms with Crippen LogP contribution in [0.15, 0.2) is 273 Å². The van der Waals surface area contributed by atoms with Crippen LogP contribution in [-0.4, -0.2) is 72.6 Å². The quantitative estimate of drug-likeness (QED) is 0.0193. The Hall–Kier alpha value is -8.32. The van der Waals surface area contributed by atoms with Gasteiger partial charge < -0.3 is 14.0 Å². The maximum atomic E-state index is 11.9. The van der Waals surface area contributed by atoms with Gasteiger partial charge in [0.15, 0.2) is 114 Å². The van der Waals surface area contributed by atoms with E-state index in [1.807, 2.05) is 40.6 Å². The van der Waals surface area contributed by atoms with E-state index in [4.69, 9.17) is 9.47 Å². The summed E-state index contributed by atoms with van der Waals surface area (Å²) in [5.41, 5.74) is 9.72. The van der Waals surface area contributed by atoms with Gasteiger partial charge in [-0.1, -0.05) is 115 Å². The average molecular weight is 1320 g/mol. The first-order valence-corrected chi connectivity index (χ1v) is 36.3. The lowest BCUT2D eigenvalue weighted by Crippen LogP contribution is -2.35. The van der Waals surface area contributed by atoms with Gasteiger partial charge in [-0.05, 0) is 75.4 Å². The zero-order chi connectivity index (χ0) is 65.6. The van der Waals surface area contributed by atoms with Gasteiger partial charge in [-0.25, -0.2) is 36.3 Å². The van der Waals surface area contributed by atoms with E-state index in [1.54, 1.807) is 50.5 Å². The number of aromatic nitrogens is 6. The molecule has 0 fully saturated rings. The van der Waals surface area contributed by atoms with E-state index >= 15 is 0 Å². The molecule has 0 radical (unpaired) electrons. The highest BCUT2D eigenvalue weighted by Gasteiger charge is 2.15. The number of benzene rings is 4. The number of pyridine rings is 6. The second-order valence-corrected chi connectivity index (χ2v) is 26.8. The van der Waals surface area contributed by atoms with E-state index in [1.165, 1.54) is 75.3 Å². The largest absolute Gasteiger partial charge is 0.744 e. The molecule has 0 atom stereocenters. The topological polar surface area (TPSA) is 133 Å². The number of hydrogen-bond acceptors (Lipinski definition) is 10. The van der Waals surface area contributed by atoms with Gasteiger partial charge in [0.1, 0.15) is 21.2 Å². The lowest BCUT2D eigenvalue weighted by atomic mass is 10.1. The van der Waals surface area contributed by atoms with Gasteiger partial charge in [-0.2, -0.15) is 44.4 Å². The molecule has 6 aromatic heterocycles. The first-order chi connectivity index (χ1) is 45.4. The number of esters is 2. The van der Waals surface area contributed by atoms with Crippen LogP contribution in [0.2, 0.25) is 0 Å². The van der Waals surface area contributed by atoms with Crippen LogP contribution in [0.4, 0.5) is 0 Å². The molecule has 10 aromatic rings. The minimum atomic E-state index is -4.27. The summed E-state index contributed by atoms with van der Waals surface area (Å²) in [6.07, 6.45) is 28.2. The van der Waals surface area contributed by atoms with Gasteiger partial charge in [0, 0.05) is 106 Å². The van der Waals surface area contributed by atoms with Crippen LogP contribution in [0.25, 0.3) is 0 Å². The first kappa shape index (κ1) is 72.1. The van der Waals surface area contributed by atoms with Crippen molar-refractivity contribution in [1.82, 2.24) is 0 Å². The molecule has 0 aliphatic carbocycles. The number of aryl methyl sites for hydroxylation is 5. The summed E-state index contributed by atoms with van der Waals surface area (Å²) in [4.78, 5) is 23.6. The Morgan fingerprint density at radius 1 is 0.376 bits per heavy atom. The molecular weight excluding hydrogens is 1240 g/mol. The van der Waals surface area contributed by atoms with Gasteiger partial charge in [0.2, 0.25) is 0 Å². The monoisotopic (exact) mass is 1320 g/mol. The third-order valence-electron chi connectivity index (χ3n) is 14.4. The molecular formula is C76H87N6O7S4+5. The Balaban J connectivity index is 0.000000184. The molecule has 0 spiro atoms. The van der Waals surface area contributed by atoms with Crippen LogP contribution in [0.1, 0.15) is 79.9 Å². The third-order valence-corrected chi connectivity index (χ3v) is 18.6. The lowest BCUT2D eigenvalue weighted by Gasteiger charge is -2.05. The summed E-state index contributed by atoms with van der Waals surface area (Å²) < 4.78 is 54.2. The molecule has 0 saturated heterocycles. The van der Waals surface area contributed by atoms with Crippen LogP contribution < -0.4 is 27.4 Å². The predicted octanol–water partition coefficient (Wildman–Crippen LogP) is 11.3. The zero-order valence-corrected chi connectivity index (χ0v) is 56.9. The van der Waals surface area contributed by atoms with Crippen molar-refractivity contribution in [2.24, 2.45) is 0 Å². The van der Waals surface area contributed by atoms with E-state index in [0.717, 1.165) is 55.7 Å². The molecule has 0 bridgehead atoms. The fourth-order valence-electron chi connectivity index (χ4n) is 9.44. The predicted molar refractivity (Wildman–Crippen MR) is 371 cm³/mol. The van der Waals surface area contributed by atoms with E-state index < -0.39 is 10.1 Å². The van der Waals surface area contributed by atoms with Crippen molar-refractivity contribution in [1.29, 1.82) is 0 Å². The minimum Gasteiger partial charge on any atom is -0.744 e. The summed E-state index contributed by atoms with van der Waals surface area (Å²) in [7, 11) is -4.27. The Morgan fingerprint density at radius 2 is 0.720 bits per heavy atom. The van der Waals surface area contributed by atoms with E-state index in [0.29, 0.717) is 37.4 Å². The molecule has 482 valence electrons. The number of ether oxygens (including phenoxy) is 2. The molecule has 0 aliphatic rings. The van der Waals surface area contributed by atoms with E-state index in [2.05, 4.69) is 249 Å². The summed E-state index contributed by atoms with van der Waals surface area (Å²) in [6, 6.07) is 63.9. The van der Waals surface area contributed by atoms with Crippen LogP contribution in [0.3, 0.4) is 0 Å². The third kappa shape index (κ3) is 28.6. The van der Waals surface area contributed by atoms with Gasteiger partial charge >= 0.3 is 11.9 Å². The van der Waals surface area contributed by atoms with Crippen molar-refractivity contribution >= 4 is 57.3 Å². The van der Waals surface area contributed by atoms with Crippen LogP contribution in [0, 0.1) is 6.92 Å². The molecule has 0 amide bonds. The second kappa shape index (κ2) is 41.3. The molecule has 10 rings (SSSR count). The average Bonchev–Trinajstić information content (AvgIpc) is 3.07. The van der Waals surface area contributed by atoms with Crippen molar-refractivity contribution in [3.63, 3.8) is 0 Å². The maximum absolute atomic E-state index is 11.9. The zero-order valence-electron chi connectivity index (χ0n) is 53.6. The highest BCUT2D eigenvalue weighted by atomic mass is 32.2. The normalized spacial score (nSPS) is 10.8. The summed E-state index contributed by atoms with van der Waals surface area (Å²) >= 11 is 6.21. The Labute approximate surface area is 563 Å². The van der Waals surface area contributed by atoms with Crippen molar-refractivity contribution in [3.8, 4) is 0 Å². The highest BCUT2D eigenvalue weighted by molar-refractivity contribution is 8.04. The number of hydrogen-bond donors (Lipinski definition) is 0. The van der Waals surface area contributed by atoms with E-state index in [9.17, 15) is 22.6 Å². The van der Waals surface area contributed by atoms with Crippen molar-refractivity contribution in [3.05, 3.63) is 319 Å². The fourth-order valence-corrected chi connectivity index (χ4v) is 13.1. The molecule has 0 N–H and O–H groups in total. The highest BCUT2D eigenvalue weighted by Crippen LogP contribution is 2.13. The Kier molecular flexibility index (Phi) is 32.0. The number of thioether (sulfide) groups is 3. The molecule has 17 heteroatoms. The first-order valence-electron chi connectivity index (χ1n) is 31.5. The van der Waals surface area contributed by atoms with E-state index in [-0.39, 0.29) is 16.8 Å². The molecule has 0 unspecified atom stereocenters. The minimum absolute atomic E-state index is 0.178. The summed E-state index contributed by atoms with van der Waals surface area (Å²) in [5.74, 6) is 6.87. The fraction of sp³-hybridized carbons (Fsp3) is 0.263.